The molecule has 1 unspecified atom stereocenters. The molecule has 146 valence electrons. The first-order valence-corrected chi connectivity index (χ1v) is 8.13. The molecule has 1 heterocycles. The lowest BCUT2D eigenvalue weighted by Gasteiger charge is -2.17. The Labute approximate surface area is 174 Å². The number of carbonyl (C=O) groups excluding carboxylic acids is 1. The topological polar surface area (TPSA) is 87.6 Å². The Bertz CT molecular complexity index is 746. The first kappa shape index (κ1) is 22.6. The van der Waals surface area contributed by atoms with Crippen LogP contribution in [-0.2, 0) is 4.79 Å². The number of nitrogens with zero attached hydrogens (tertiary/aromatic N) is 2. The van der Waals surface area contributed by atoms with Crippen molar-refractivity contribution in [2.45, 2.75) is 13.0 Å². The fourth-order valence-electron chi connectivity index (χ4n) is 2.08. The van der Waals surface area contributed by atoms with Gasteiger partial charge in [0.05, 0.1) is 25.0 Å². The van der Waals surface area contributed by atoms with E-state index in [2.05, 4.69) is 25.9 Å². The highest BCUT2D eigenvalue weighted by atomic mass is 127. The molecule has 1 atom stereocenters. The van der Waals surface area contributed by atoms with E-state index in [9.17, 15) is 9.18 Å². The van der Waals surface area contributed by atoms with E-state index in [1.165, 1.54) is 12.1 Å². The highest BCUT2D eigenvalue weighted by molar-refractivity contribution is 14.0. The Morgan fingerprint density at radius 2 is 2.11 bits per heavy atom. The summed E-state index contributed by atoms with van der Waals surface area (Å²) >= 11 is 0. The van der Waals surface area contributed by atoms with Crippen molar-refractivity contribution >= 4 is 41.5 Å². The number of pyridine rings is 1. The SMILES string of the molecule is CN=C(NCC(=O)Nc1cccnc1)NCC(C)Oc1cccc(F)c1.I. The minimum atomic E-state index is -0.347. The summed E-state index contributed by atoms with van der Waals surface area (Å²) in [5, 5.41) is 8.68. The fourth-order valence-corrected chi connectivity index (χ4v) is 2.08. The third-order valence-electron chi connectivity index (χ3n) is 3.28. The fraction of sp³-hybridized carbons (Fsp3) is 0.278. The van der Waals surface area contributed by atoms with E-state index in [-0.39, 0.29) is 48.3 Å². The second-order valence-electron chi connectivity index (χ2n) is 5.48. The molecule has 1 amide bonds. The molecule has 0 saturated heterocycles. The molecule has 1 aromatic carbocycles. The first-order chi connectivity index (χ1) is 12.6. The zero-order valence-corrected chi connectivity index (χ0v) is 17.4. The molecule has 7 nitrogen and oxygen atoms in total. The number of amides is 1. The molecule has 0 aliphatic rings. The summed E-state index contributed by atoms with van der Waals surface area (Å²) in [6.45, 7) is 2.33. The third-order valence-corrected chi connectivity index (χ3v) is 3.28. The van der Waals surface area contributed by atoms with Crippen LogP contribution in [0.4, 0.5) is 10.1 Å². The zero-order valence-electron chi connectivity index (χ0n) is 15.1. The number of hydrogen-bond donors (Lipinski definition) is 3. The quantitative estimate of drug-likeness (QED) is 0.317. The van der Waals surface area contributed by atoms with Gasteiger partial charge in [-0.05, 0) is 31.2 Å². The number of hydrogen-bond acceptors (Lipinski definition) is 4. The van der Waals surface area contributed by atoms with E-state index >= 15 is 0 Å². The van der Waals surface area contributed by atoms with Gasteiger partial charge in [-0.3, -0.25) is 14.8 Å². The van der Waals surface area contributed by atoms with Crippen LogP contribution in [0.15, 0.2) is 53.8 Å². The molecule has 9 heteroatoms. The van der Waals surface area contributed by atoms with Crippen LogP contribution in [0.3, 0.4) is 0 Å². The second-order valence-corrected chi connectivity index (χ2v) is 5.48. The molecule has 0 bridgehead atoms. The van der Waals surface area contributed by atoms with E-state index in [1.54, 1.807) is 43.7 Å². The van der Waals surface area contributed by atoms with Crippen molar-refractivity contribution < 1.29 is 13.9 Å². The minimum absolute atomic E-state index is 0. The summed E-state index contributed by atoms with van der Waals surface area (Å²) in [7, 11) is 1.60. The van der Waals surface area contributed by atoms with Gasteiger partial charge in [0.15, 0.2) is 5.96 Å². The summed E-state index contributed by atoms with van der Waals surface area (Å²) in [4.78, 5) is 19.9. The number of halogens is 2. The lowest BCUT2D eigenvalue weighted by atomic mass is 10.3. The summed E-state index contributed by atoms with van der Waals surface area (Å²) in [6, 6.07) is 9.46. The number of aromatic nitrogens is 1. The smallest absolute Gasteiger partial charge is 0.243 e. The standard InChI is InChI=1S/C18H22FN5O2.HI/c1-13(26-16-7-3-5-14(19)9-16)10-22-18(20-2)23-12-17(25)24-15-6-4-8-21-11-15;/h3-9,11,13H,10,12H2,1-2H3,(H,24,25)(H2,20,22,23);1H. The van der Waals surface area contributed by atoms with E-state index in [0.717, 1.165) is 0 Å². The summed E-state index contributed by atoms with van der Waals surface area (Å²) in [5.74, 6) is 0.351. The van der Waals surface area contributed by atoms with E-state index in [0.29, 0.717) is 23.9 Å². The van der Waals surface area contributed by atoms with Gasteiger partial charge in [-0.1, -0.05) is 6.07 Å². The molecule has 0 aliphatic carbocycles. The van der Waals surface area contributed by atoms with Crippen LogP contribution in [0, 0.1) is 5.82 Å². The van der Waals surface area contributed by atoms with Crippen LogP contribution < -0.4 is 20.7 Å². The highest BCUT2D eigenvalue weighted by Gasteiger charge is 2.08. The van der Waals surface area contributed by atoms with E-state index < -0.39 is 0 Å². The monoisotopic (exact) mass is 487 g/mol. The number of rotatable bonds is 7. The normalized spacial score (nSPS) is 11.7. The Morgan fingerprint density at radius 1 is 1.30 bits per heavy atom. The lowest BCUT2D eigenvalue weighted by molar-refractivity contribution is -0.115. The van der Waals surface area contributed by atoms with Gasteiger partial charge >= 0.3 is 0 Å². The van der Waals surface area contributed by atoms with Gasteiger partial charge in [0.1, 0.15) is 17.7 Å². The zero-order chi connectivity index (χ0) is 18.8. The van der Waals surface area contributed by atoms with Gasteiger partial charge < -0.3 is 20.7 Å². The van der Waals surface area contributed by atoms with Gasteiger partial charge in [-0.25, -0.2) is 4.39 Å². The van der Waals surface area contributed by atoms with E-state index in [4.69, 9.17) is 4.74 Å². The molecule has 2 rings (SSSR count). The number of nitrogens with one attached hydrogen (secondary N) is 3. The van der Waals surface area contributed by atoms with Gasteiger partial charge in [0.2, 0.25) is 5.91 Å². The lowest BCUT2D eigenvalue weighted by Crippen LogP contribution is -2.44. The average molecular weight is 487 g/mol. The maximum Gasteiger partial charge on any atom is 0.243 e. The summed E-state index contributed by atoms with van der Waals surface area (Å²) < 4.78 is 18.8. The van der Waals surface area contributed by atoms with Gasteiger partial charge in [-0.2, -0.15) is 0 Å². The Hall–Kier alpha value is -2.43. The number of aliphatic imine (C=N–C) groups is 1. The van der Waals surface area contributed by atoms with Crippen LogP contribution >= 0.6 is 24.0 Å². The number of benzene rings is 1. The molecule has 0 radical (unpaired) electrons. The average Bonchev–Trinajstić information content (AvgIpc) is 2.62. The van der Waals surface area contributed by atoms with Crippen molar-refractivity contribution in [1.82, 2.24) is 15.6 Å². The number of anilines is 1. The van der Waals surface area contributed by atoms with Crippen LogP contribution in [0.5, 0.6) is 5.75 Å². The Balaban J connectivity index is 0.00000364. The molecule has 0 fully saturated rings. The van der Waals surface area contributed by atoms with E-state index in [1.807, 2.05) is 6.92 Å². The van der Waals surface area contributed by atoms with Crippen molar-refractivity contribution in [3.8, 4) is 5.75 Å². The van der Waals surface area contributed by atoms with Crippen LogP contribution in [-0.4, -0.2) is 43.1 Å². The maximum atomic E-state index is 13.2. The maximum absolute atomic E-state index is 13.2. The molecular formula is C18H23FIN5O2. The molecule has 2 aromatic rings. The van der Waals surface area contributed by atoms with Crippen molar-refractivity contribution in [2.24, 2.45) is 4.99 Å². The molecule has 0 saturated carbocycles. The second kappa shape index (κ2) is 12.0. The molecule has 0 spiro atoms. The summed E-state index contributed by atoms with van der Waals surface area (Å²) in [5.41, 5.74) is 0.624. The van der Waals surface area contributed by atoms with Gasteiger partial charge in [0, 0.05) is 19.3 Å². The van der Waals surface area contributed by atoms with Gasteiger partial charge in [-0.15, -0.1) is 24.0 Å². The highest BCUT2D eigenvalue weighted by Crippen LogP contribution is 2.13. The minimum Gasteiger partial charge on any atom is -0.489 e. The number of guanidine groups is 1. The molecular weight excluding hydrogens is 464 g/mol. The largest absolute Gasteiger partial charge is 0.489 e. The van der Waals surface area contributed by atoms with Crippen LogP contribution in [0.2, 0.25) is 0 Å². The molecule has 27 heavy (non-hydrogen) atoms. The Morgan fingerprint density at radius 3 is 2.78 bits per heavy atom. The van der Waals surface area contributed by atoms with Crippen LogP contribution in [0.25, 0.3) is 0 Å². The van der Waals surface area contributed by atoms with Crippen molar-refractivity contribution in [1.29, 1.82) is 0 Å². The number of carbonyl (C=O) groups is 1. The molecule has 3 N–H and O–H groups in total. The first-order valence-electron chi connectivity index (χ1n) is 8.13. The predicted molar refractivity (Wildman–Crippen MR) is 114 cm³/mol. The van der Waals surface area contributed by atoms with Gasteiger partial charge in [0.25, 0.3) is 0 Å². The third kappa shape index (κ3) is 8.67. The summed E-state index contributed by atoms with van der Waals surface area (Å²) in [6.07, 6.45) is 2.97. The van der Waals surface area contributed by atoms with Crippen molar-refractivity contribution in [3.05, 3.63) is 54.6 Å². The molecule has 0 aliphatic heterocycles. The van der Waals surface area contributed by atoms with Crippen LogP contribution in [0.1, 0.15) is 6.92 Å². The predicted octanol–water partition coefficient (Wildman–Crippen LogP) is 2.41. The Kier molecular flexibility index (Phi) is 10.1. The number of ether oxygens (including phenoxy) is 1. The molecule has 1 aromatic heterocycles. The van der Waals surface area contributed by atoms with Crippen molar-refractivity contribution in [2.75, 3.05) is 25.5 Å². The van der Waals surface area contributed by atoms with Crippen molar-refractivity contribution in [3.63, 3.8) is 0 Å².